The van der Waals surface area contributed by atoms with E-state index in [0.29, 0.717) is 22.6 Å². The second-order valence-corrected chi connectivity index (χ2v) is 8.49. The Balaban J connectivity index is 1.95. The number of halogens is 1. The summed E-state index contributed by atoms with van der Waals surface area (Å²) in [4.78, 5) is 0. The number of aromatic hydroxyl groups is 2. The van der Waals surface area contributed by atoms with Gasteiger partial charge >= 0.3 is 0 Å². The Kier molecular flexibility index (Phi) is 4.72. The number of rotatable bonds is 4. The lowest BCUT2D eigenvalue weighted by Gasteiger charge is -2.15. The summed E-state index contributed by atoms with van der Waals surface area (Å²) < 4.78 is 9.29. The van der Waals surface area contributed by atoms with Crippen LogP contribution < -0.4 is 3.11 Å². The maximum atomic E-state index is 10.4. The molecule has 9 heteroatoms. The third-order valence-electron chi connectivity index (χ3n) is 4.48. The first-order valence-corrected chi connectivity index (χ1v) is 10.9. The van der Waals surface area contributed by atoms with Crippen LogP contribution in [0.4, 0.5) is 11.4 Å². The van der Waals surface area contributed by atoms with Crippen molar-refractivity contribution in [2.75, 3.05) is 9.66 Å². The summed E-state index contributed by atoms with van der Waals surface area (Å²) >= 11 is 5.04. The third-order valence-corrected chi connectivity index (χ3v) is 7.17. The Morgan fingerprint density at radius 1 is 1.15 bits per heavy atom. The lowest BCUT2D eigenvalue weighted by molar-refractivity contribution is 0.447. The average molecular weight is 495 g/mol. The van der Waals surface area contributed by atoms with E-state index in [1.165, 1.54) is 6.07 Å². The van der Waals surface area contributed by atoms with Crippen LogP contribution in [-0.2, 0) is 6.42 Å². The fourth-order valence-electron chi connectivity index (χ4n) is 3.12. The normalized spacial score (nSPS) is 12.9. The molecule has 1 aliphatic heterocycles. The molecule has 1 aliphatic rings. The molecule has 3 aromatic rings. The van der Waals surface area contributed by atoms with E-state index in [0.717, 1.165) is 29.2 Å². The molecule has 0 aliphatic carbocycles. The van der Waals surface area contributed by atoms with Crippen molar-refractivity contribution in [2.24, 2.45) is 3.15 Å². The molecule has 2 heterocycles. The van der Waals surface area contributed by atoms with Crippen LogP contribution in [0.2, 0.25) is 0 Å². The Labute approximate surface area is 171 Å². The molecule has 0 spiro atoms. The predicted octanol–water partition coefficient (Wildman–Crippen LogP) is 5.11. The van der Waals surface area contributed by atoms with Gasteiger partial charge in [0.25, 0.3) is 0 Å². The van der Waals surface area contributed by atoms with Gasteiger partial charge in [-0.2, -0.15) is 5.10 Å². The van der Waals surface area contributed by atoms with Crippen molar-refractivity contribution in [1.82, 2.24) is 14.8 Å². The second kappa shape index (κ2) is 7.04. The number of hydrogen-bond acceptors (Lipinski definition) is 6. The summed E-state index contributed by atoms with van der Waals surface area (Å²) in [7, 11) is 0. The van der Waals surface area contributed by atoms with Crippen molar-refractivity contribution in [3.63, 3.8) is 0 Å². The van der Waals surface area contributed by atoms with Crippen molar-refractivity contribution < 1.29 is 10.2 Å². The van der Waals surface area contributed by atoms with E-state index in [9.17, 15) is 10.2 Å². The van der Waals surface area contributed by atoms with Crippen molar-refractivity contribution in [1.29, 1.82) is 0 Å². The van der Waals surface area contributed by atoms with Gasteiger partial charge in [0.15, 0.2) is 10.6 Å². The maximum absolute atomic E-state index is 10.4. The SMILES string of the molecule is CCc1cc(-c2n[nH]c(=S)n2-c2cccc3c2N=IN3CC)c(O)cc1O. The van der Waals surface area contributed by atoms with E-state index >= 15 is 0 Å². The number of benzene rings is 2. The number of aryl methyl sites for hydroxylation is 1. The minimum atomic E-state index is -0.443. The molecule has 4 rings (SSSR count). The molecule has 27 heavy (non-hydrogen) atoms. The molecule has 0 unspecified atom stereocenters. The predicted molar refractivity (Wildman–Crippen MR) is 116 cm³/mol. The number of H-pyrrole nitrogens is 1. The standard InChI is InChI=1S/C18H18IN5O2S/c1-3-10-8-11(15(26)9-14(10)25)17-21-22-18(27)24(17)13-7-5-6-12-16(13)20-19-23(12)4-2/h5-9,25-26H,3-4H2,1-2H3,(H,22,27). The van der Waals surface area contributed by atoms with Crippen LogP contribution in [-0.4, -0.2) is 31.5 Å². The Hall–Kier alpha value is -2.27. The molecule has 0 amide bonds. The summed E-state index contributed by atoms with van der Waals surface area (Å²) in [6.07, 6.45) is 0.635. The van der Waals surface area contributed by atoms with E-state index in [4.69, 9.17) is 15.4 Å². The summed E-state index contributed by atoms with van der Waals surface area (Å²) in [5.74, 6) is 0.509. The molecule has 1 aromatic heterocycles. The third kappa shape index (κ3) is 2.94. The van der Waals surface area contributed by atoms with Crippen LogP contribution in [0.15, 0.2) is 33.5 Å². The Morgan fingerprint density at radius 3 is 2.67 bits per heavy atom. The quantitative estimate of drug-likeness (QED) is 0.266. The molecule has 7 nitrogen and oxygen atoms in total. The molecule has 3 N–H and O–H groups in total. The minimum absolute atomic E-state index is 0.0490. The molecular formula is C18H18IN5O2S. The van der Waals surface area contributed by atoms with Crippen molar-refractivity contribution in [3.8, 4) is 28.6 Å². The van der Waals surface area contributed by atoms with Gasteiger partial charge in [0.05, 0.1) is 16.9 Å². The first-order valence-electron chi connectivity index (χ1n) is 8.54. The first-order chi connectivity index (χ1) is 13.0. The summed E-state index contributed by atoms with van der Waals surface area (Å²) in [6.45, 7) is 4.97. The largest absolute Gasteiger partial charge is 0.508 e. The zero-order chi connectivity index (χ0) is 19.1. The fourth-order valence-corrected chi connectivity index (χ4v) is 5.24. The first kappa shape index (κ1) is 18.1. The Morgan fingerprint density at radius 2 is 1.93 bits per heavy atom. The highest BCUT2D eigenvalue weighted by Gasteiger charge is 2.23. The summed E-state index contributed by atoms with van der Waals surface area (Å²) in [6, 6.07) is 9.10. The number of anilines is 1. The van der Waals surface area contributed by atoms with Gasteiger partial charge in [0.1, 0.15) is 38.5 Å². The van der Waals surface area contributed by atoms with Crippen LogP contribution in [0.5, 0.6) is 11.5 Å². The molecule has 0 fully saturated rings. The maximum Gasteiger partial charge on any atom is 0.200 e. The minimum Gasteiger partial charge on any atom is -0.508 e. The second-order valence-electron chi connectivity index (χ2n) is 6.02. The van der Waals surface area contributed by atoms with Gasteiger partial charge in [0, 0.05) is 12.6 Å². The highest BCUT2D eigenvalue weighted by Crippen LogP contribution is 2.46. The number of nitrogens with zero attached hydrogens (tertiary/aromatic N) is 4. The molecular weight excluding hydrogens is 477 g/mol. The van der Waals surface area contributed by atoms with Gasteiger partial charge in [-0.3, -0.25) is 9.67 Å². The number of hydrogen-bond donors (Lipinski definition) is 3. The van der Waals surface area contributed by atoms with Crippen LogP contribution in [0.1, 0.15) is 19.4 Å². The highest BCUT2D eigenvalue weighted by atomic mass is 127. The molecule has 0 saturated carbocycles. The van der Waals surface area contributed by atoms with Crippen molar-refractivity contribution >= 4 is 44.9 Å². The number of nitrogens with one attached hydrogen (secondary N) is 1. The van der Waals surface area contributed by atoms with E-state index in [1.807, 2.05) is 19.1 Å². The average Bonchev–Trinajstić information content (AvgIpc) is 3.25. The molecule has 0 bridgehead atoms. The molecule has 0 saturated heterocycles. The molecule has 140 valence electrons. The lowest BCUT2D eigenvalue weighted by Crippen LogP contribution is -2.07. The highest BCUT2D eigenvalue weighted by molar-refractivity contribution is 14.2. The molecule has 0 atom stereocenters. The number of aromatic amines is 1. The van der Waals surface area contributed by atoms with Crippen molar-refractivity contribution in [3.05, 3.63) is 40.7 Å². The summed E-state index contributed by atoms with van der Waals surface area (Å²) in [5.41, 5.74) is 4.08. The Bertz CT molecular complexity index is 1120. The van der Waals surface area contributed by atoms with Gasteiger partial charge in [-0.05, 0) is 49.3 Å². The van der Waals surface area contributed by atoms with E-state index < -0.39 is 21.3 Å². The van der Waals surface area contributed by atoms with E-state index in [1.54, 1.807) is 10.6 Å². The summed E-state index contributed by atoms with van der Waals surface area (Å²) in [5, 5.41) is 27.6. The molecule has 2 aromatic carbocycles. The van der Waals surface area contributed by atoms with Crippen molar-refractivity contribution in [2.45, 2.75) is 20.3 Å². The van der Waals surface area contributed by atoms with Gasteiger partial charge < -0.3 is 13.3 Å². The number of fused-ring (bicyclic) bond motifs is 1. The zero-order valence-corrected chi connectivity index (χ0v) is 17.7. The fraction of sp³-hybridized carbons (Fsp3) is 0.222. The van der Waals surface area contributed by atoms with E-state index in [-0.39, 0.29) is 11.5 Å². The smallest absolute Gasteiger partial charge is 0.200 e. The van der Waals surface area contributed by atoms with Crippen LogP contribution in [0, 0.1) is 4.77 Å². The van der Waals surface area contributed by atoms with Gasteiger partial charge in [0.2, 0.25) is 0 Å². The molecule has 0 radical (unpaired) electrons. The van der Waals surface area contributed by atoms with Gasteiger partial charge in [-0.1, -0.05) is 13.0 Å². The number of aromatic nitrogens is 3. The van der Waals surface area contributed by atoms with Gasteiger partial charge in [-0.15, -0.1) is 0 Å². The van der Waals surface area contributed by atoms with Crippen LogP contribution in [0.3, 0.4) is 0 Å². The zero-order valence-electron chi connectivity index (χ0n) is 14.8. The monoisotopic (exact) mass is 495 g/mol. The van der Waals surface area contributed by atoms with Gasteiger partial charge in [-0.25, -0.2) is 3.15 Å². The van der Waals surface area contributed by atoms with Crippen LogP contribution >= 0.6 is 33.5 Å². The topological polar surface area (TPSA) is 89.7 Å². The number of phenols is 2. The van der Waals surface area contributed by atoms with E-state index in [2.05, 4.69) is 26.3 Å². The van der Waals surface area contributed by atoms with Crippen LogP contribution in [0.25, 0.3) is 17.1 Å². The number of phenolic OH excluding ortho intramolecular Hbond substituents is 2. The lowest BCUT2D eigenvalue weighted by atomic mass is 10.1.